The Hall–Kier alpha value is -1.65. The van der Waals surface area contributed by atoms with Crippen molar-refractivity contribution in [3.05, 3.63) is 34.4 Å². The molecule has 1 aliphatic rings. The summed E-state index contributed by atoms with van der Waals surface area (Å²) in [7, 11) is -4.23. The van der Waals surface area contributed by atoms with Gasteiger partial charge in [-0.25, -0.2) is 17.2 Å². The predicted octanol–water partition coefficient (Wildman–Crippen LogP) is 1.20. The molecule has 0 amide bonds. The van der Waals surface area contributed by atoms with Crippen LogP contribution in [0.15, 0.2) is 29.2 Å². The Kier molecular flexibility index (Phi) is 4.45. The van der Waals surface area contributed by atoms with Crippen LogP contribution in [0.1, 0.15) is 6.42 Å². The van der Waals surface area contributed by atoms with Crippen LogP contribution in [0.3, 0.4) is 0 Å². The minimum absolute atomic E-state index is 0.0823. The molecule has 1 aliphatic heterocycles. The molecule has 1 atom stereocenters. The fourth-order valence-corrected chi connectivity index (χ4v) is 4.16. The van der Waals surface area contributed by atoms with Crippen LogP contribution in [-0.2, 0) is 10.0 Å². The van der Waals surface area contributed by atoms with Crippen LogP contribution in [0, 0.1) is 15.5 Å². The standard InChI is InChI=1S/C12H15F2N3O4S/c13-11(14)12(7-15)5-6-16(8-12)22(20,21)10-4-2-1-3-9(10)17(18)19/h1-4,11H,5-8,15H2. The largest absolute Gasteiger partial charge is 0.330 e. The Bertz CT molecular complexity index is 683. The zero-order valence-corrected chi connectivity index (χ0v) is 12.3. The highest BCUT2D eigenvalue weighted by Crippen LogP contribution is 2.39. The van der Waals surface area contributed by atoms with Gasteiger partial charge in [-0.05, 0) is 12.5 Å². The highest BCUT2D eigenvalue weighted by atomic mass is 32.2. The van der Waals surface area contributed by atoms with Gasteiger partial charge in [0.25, 0.3) is 5.69 Å². The number of sulfonamides is 1. The molecule has 122 valence electrons. The highest BCUT2D eigenvalue weighted by molar-refractivity contribution is 7.89. The molecule has 2 N–H and O–H groups in total. The van der Waals surface area contributed by atoms with Crippen LogP contribution in [0.5, 0.6) is 0 Å². The summed E-state index contributed by atoms with van der Waals surface area (Å²) in [6.45, 7) is -0.945. The number of nitrogens with zero attached hydrogens (tertiary/aromatic N) is 2. The lowest BCUT2D eigenvalue weighted by Crippen LogP contribution is -2.41. The van der Waals surface area contributed by atoms with Crippen molar-refractivity contribution >= 4 is 15.7 Å². The van der Waals surface area contributed by atoms with E-state index >= 15 is 0 Å². The molecule has 1 heterocycles. The lowest BCUT2D eigenvalue weighted by molar-refractivity contribution is -0.387. The van der Waals surface area contributed by atoms with Crippen LogP contribution in [0.2, 0.25) is 0 Å². The molecule has 7 nitrogen and oxygen atoms in total. The second kappa shape index (κ2) is 5.86. The second-order valence-corrected chi connectivity index (χ2v) is 7.09. The van der Waals surface area contributed by atoms with Crippen molar-refractivity contribution in [2.45, 2.75) is 17.7 Å². The van der Waals surface area contributed by atoms with E-state index in [0.29, 0.717) is 0 Å². The van der Waals surface area contributed by atoms with Crippen LogP contribution in [0.25, 0.3) is 0 Å². The van der Waals surface area contributed by atoms with Crippen molar-refractivity contribution in [1.29, 1.82) is 0 Å². The topological polar surface area (TPSA) is 107 Å². The molecule has 0 spiro atoms. The third kappa shape index (κ3) is 2.69. The van der Waals surface area contributed by atoms with E-state index in [2.05, 4.69) is 0 Å². The van der Waals surface area contributed by atoms with Crippen molar-refractivity contribution in [2.24, 2.45) is 11.1 Å². The summed E-state index contributed by atoms with van der Waals surface area (Å²) in [5, 5.41) is 11.0. The maximum absolute atomic E-state index is 13.2. The quantitative estimate of drug-likeness (QED) is 0.643. The number of nitro groups is 1. The Morgan fingerprint density at radius 3 is 2.55 bits per heavy atom. The molecular formula is C12H15F2N3O4S. The van der Waals surface area contributed by atoms with Gasteiger partial charge in [0.2, 0.25) is 16.4 Å². The zero-order chi connectivity index (χ0) is 16.5. The number of hydrogen-bond acceptors (Lipinski definition) is 5. The van der Waals surface area contributed by atoms with E-state index in [0.717, 1.165) is 16.4 Å². The van der Waals surface area contributed by atoms with Gasteiger partial charge in [0.15, 0.2) is 4.90 Å². The zero-order valence-electron chi connectivity index (χ0n) is 11.5. The van der Waals surface area contributed by atoms with Gasteiger partial charge >= 0.3 is 0 Å². The first-order valence-electron chi connectivity index (χ1n) is 6.46. The van der Waals surface area contributed by atoms with Gasteiger partial charge in [0, 0.05) is 25.7 Å². The summed E-state index contributed by atoms with van der Waals surface area (Å²) in [5.41, 5.74) is 3.20. The molecule has 10 heteroatoms. The van der Waals surface area contributed by atoms with Gasteiger partial charge in [0.05, 0.1) is 10.3 Å². The summed E-state index contributed by atoms with van der Waals surface area (Å²) < 4.78 is 52.2. The minimum atomic E-state index is -4.23. The van der Waals surface area contributed by atoms with Crippen LogP contribution < -0.4 is 5.73 Å². The summed E-state index contributed by atoms with van der Waals surface area (Å²) in [4.78, 5) is 9.65. The number of alkyl halides is 2. The van der Waals surface area contributed by atoms with Gasteiger partial charge in [-0.1, -0.05) is 12.1 Å². The van der Waals surface area contributed by atoms with Crippen molar-refractivity contribution in [2.75, 3.05) is 19.6 Å². The number of nitrogens with two attached hydrogens (primary N) is 1. The van der Waals surface area contributed by atoms with Crippen molar-refractivity contribution in [1.82, 2.24) is 4.31 Å². The second-order valence-electron chi connectivity index (χ2n) is 5.18. The molecule has 0 saturated carbocycles. The minimum Gasteiger partial charge on any atom is -0.330 e. The molecule has 22 heavy (non-hydrogen) atoms. The van der Waals surface area contributed by atoms with Gasteiger partial charge in [0.1, 0.15) is 0 Å². The number of benzene rings is 1. The first-order chi connectivity index (χ1) is 10.2. The molecule has 1 aromatic rings. The van der Waals surface area contributed by atoms with Crippen molar-refractivity contribution in [3.63, 3.8) is 0 Å². The van der Waals surface area contributed by atoms with Gasteiger partial charge in [-0.3, -0.25) is 10.1 Å². The smallest absolute Gasteiger partial charge is 0.289 e. The molecule has 1 aromatic carbocycles. The average molecular weight is 335 g/mol. The fraction of sp³-hybridized carbons (Fsp3) is 0.500. The molecule has 0 radical (unpaired) electrons. The van der Waals surface area contributed by atoms with E-state index in [4.69, 9.17) is 5.73 Å². The molecule has 1 fully saturated rings. The molecule has 2 rings (SSSR count). The summed E-state index contributed by atoms with van der Waals surface area (Å²) >= 11 is 0. The summed E-state index contributed by atoms with van der Waals surface area (Å²) in [6, 6.07) is 4.84. The Balaban J connectivity index is 2.40. The normalized spacial score (nSPS) is 23.1. The van der Waals surface area contributed by atoms with Gasteiger partial charge in [-0.2, -0.15) is 4.31 Å². The van der Waals surface area contributed by atoms with E-state index in [1.54, 1.807) is 0 Å². The lowest BCUT2D eigenvalue weighted by atomic mass is 9.88. The van der Waals surface area contributed by atoms with Crippen molar-refractivity contribution in [3.8, 4) is 0 Å². The molecule has 1 unspecified atom stereocenters. The molecule has 0 aromatic heterocycles. The number of hydrogen-bond donors (Lipinski definition) is 1. The van der Waals surface area contributed by atoms with E-state index in [1.807, 2.05) is 0 Å². The van der Waals surface area contributed by atoms with E-state index in [1.165, 1.54) is 12.1 Å². The maximum Gasteiger partial charge on any atom is 0.289 e. The van der Waals surface area contributed by atoms with Gasteiger partial charge in [-0.15, -0.1) is 0 Å². The van der Waals surface area contributed by atoms with E-state index in [9.17, 15) is 27.3 Å². The predicted molar refractivity (Wildman–Crippen MR) is 74.0 cm³/mol. The number of halogens is 2. The molecule has 0 aliphatic carbocycles. The monoisotopic (exact) mass is 335 g/mol. The number of rotatable bonds is 5. The van der Waals surface area contributed by atoms with E-state index < -0.39 is 43.9 Å². The van der Waals surface area contributed by atoms with Crippen molar-refractivity contribution < 1.29 is 22.1 Å². The first-order valence-corrected chi connectivity index (χ1v) is 7.90. The first kappa shape index (κ1) is 16.7. The molecule has 1 saturated heterocycles. The maximum atomic E-state index is 13.2. The van der Waals surface area contributed by atoms with Gasteiger partial charge < -0.3 is 5.73 Å². The van der Waals surface area contributed by atoms with E-state index in [-0.39, 0.29) is 19.5 Å². The van der Waals surface area contributed by atoms with Crippen LogP contribution >= 0.6 is 0 Å². The Morgan fingerprint density at radius 1 is 1.41 bits per heavy atom. The Labute approximate surface area is 125 Å². The molecular weight excluding hydrogens is 320 g/mol. The summed E-state index contributed by atoms with van der Waals surface area (Å²) in [6.07, 6.45) is -2.84. The highest BCUT2D eigenvalue weighted by Gasteiger charge is 2.49. The number of nitro benzene ring substituents is 1. The number of para-hydroxylation sites is 1. The fourth-order valence-electron chi connectivity index (χ4n) is 2.46. The lowest BCUT2D eigenvalue weighted by Gasteiger charge is -2.26. The van der Waals surface area contributed by atoms with Crippen LogP contribution in [0.4, 0.5) is 14.5 Å². The Morgan fingerprint density at radius 2 is 2.05 bits per heavy atom. The third-order valence-corrected chi connectivity index (χ3v) is 5.79. The SMILES string of the molecule is NCC1(C(F)F)CCN(S(=O)(=O)c2ccccc2[N+](=O)[O-])C1. The third-order valence-electron chi connectivity index (χ3n) is 3.90. The molecule has 0 bridgehead atoms. The average Bonchev–Trinajstić information content (AvgIpc) is 2.94. The van der Waals surface area contributed by atoms with Crippen LogP contribution in [-0.4, -0.2) is 43.7 Å². The summed E-state index contributed by atoms with van der Waals surface area (Å²) in [5.74, 6) is 0.